The van der Waals surface area contributed by atoms with E-state index in [1.165, 1.54) is 6.92 Å². The number of anilines is 2. The number of primary amides is 1. The van der Waals surface area contributed by atoms with Crippen molar-refractivity contribution in [3.63, 3.8) is 0 Å². The molecule has 0 saturated carbocycles. The van der Waals surface area contributed by atoms with Gasteiger partial charge in [0.2, 0.25) is 11.8 Å². The van der Waals surface area contributed by atoms with Gasteiger partial charge in [0.25, 0.3) is 0 Å². The van der Waals surface area contributed by atoms with Gasteiger partial charge in [-0.3, -0.25) is 19.9 Å². The average Bonchev–Trinajstić information content (AvgIpc) is 2.34. The van der Waals surface area contributed by atoms with Gasteiger partial charge >= 0.3 is 17.3 Å². The number of carbonyl (C=O) groups excluding carboxylic acids is 1. The molecular formula is C9H14N8O4. The van der Waals surface area contributed by atoms with Crippen molar-refractivity contribution in [2.24, 2.45) is 10.8 Å². The van der Waals surface area contributed by atoms with Gasteiger partial charge in [-0.25, -0.2) is 10.2 Å². The summed E-state index contributed by atoms with van der Waals surface area (Å²) in [7, 11) is 0. The maximum Gasteiger partial charge on any atom is 0.375 e. The molecule has 0 aliphatic carbocycles. The lowest BCUT2D eigenvalue weighted by Gasteiger charge is -2.14. The minimum atomic E-state index is -0.980. The van der Waals surface area contributed by atoms with E-state index < -0.39 is 28.2 Å². The maximum absolute atomic E-state index is 11.5. The molecule has 0 aliphatic rings. The minimum Gasteiger partial charge on any atom is -0.369 e. The summed E-state index contributed by atoms with van der Waals surface area (Å²) >= 11 is 0. The Morgan fingerprint density at radius 1 is 1.57 bits per heavy atom. The highest BCUT2D eigenvalue weighted by atomic mass is 16.6. The van der Waals surface area contributed by atoms with E-state index in [-0.39, 0.29) is 11.8 Å². The van der Waals surface area contributed by atoms with Crippen LogP contribution in [-0.2, 0) is 0 Å². The average molecular weight is 298 g/mol. The Morgan fingerprint density at radius 2 is 2.19 bits per heavy atom. The van der Waals surface area contributed by atoms with Crippen molar-refractivity contribution in [3.8, 4) is 0 Å². The van der Waals surface area contributed by atoms with Gasteiger partial charge in [-0.1, -0.05) is 0 Å². The van der Waals surface area contributed by atoms with Crippen molar-refractivity contribution < 1.29 is 9.72 Å². The Bertz CT molecular complexity index is 652. The summed E-state index contributed by atoms with van der Waals surface area (Å²) in [4.78, 5) is 37.7. The Hall–Kier alpha value is -3.18. The zero-order valence-corrected chi connectivity index (χ0v) is 11.2. The molecule has 1 aromatic rings. The van der Waals surface area contributed by atoms with Crippen molar-refractivity contribution >= 4 is 29.2 Å². The van der Waals surface area contributed by atoms with Crippen molar-refractivity contribution in [2.45, 2.75) is 19.9 Å². The molecule has 0 bridgehead atoms. The van der Waals surface area contributed by atoms with Crippen LogP contribution in [-0.4, -0.2) is 32.7 Å². The van der Waals surface area contributed by atoms with Crippen LogP contribution in [0.15, 0.2) is 9.90 Å². The molecular weight excluding hydrogens is 284 g/mol. The fourth-order valence-electron chi connectivity index (χ4n) is 1.30. The van der Waals surface area contributed by atoms with E-state index in [1.54, 1.807) is 6.92 Å². The second kappa shape index (κ2) is 6.31. The summed E-state index contributed by atoms with van der Waals surface area (Å²) in [6, 6.07) is -1.43. The number of nitro groups is 1. The zero-order valence-electron chi connectivity index (χ0n) is 11.2. The monoisotopic (exact) mass is 298 g/mol. The number of nitrogens with two attached hydrogens (primary N) is 2. The van der Waals surface area contributed by atoms with Gasteiger partial charge in [0.15, 0.2) is 0 Å². The van der Waals surface area contributed by atoms with Crippen molar-refractivity contribution in [3.05, 3.63) is 20.5 Å². The highest BCUT2D eigenvalue weighted by Crippen LogP contribution is 2.17. The fraction of sp³-hybridized carbons (Fsp3) is 0.333. The predicted octanol–water partition coefficient (Wildman–Crippen LogP) is -0.895. The van der Waals surface area contributed by atoms with Crippen molar-refractivity contribution in [2.75, 3.05) is 11.1 Å². The van der Waals surface area contributed by atoms with E-state index in [1.807, 2.05) is 10.4 Å². The van der Waals surface area contributed by atoms with Crippen LogP contribution in [0.5, 0.6) is 0 Å². The van der Waals surface area contributed by atoms with E-state index >= 15 is 0 Å². The number of hydrogen-bond acceptors (Lipinski definition) is 8. The first-order valence-corrected chi connectivity index (χ1v) is 5.62. The van der Waals surface area contributed by atoms with Gasteiger partial charge in [0.05, 0.1) is 16.7 Å². The van der Waals surface area contributed by atoms with Crippen LogP contribution in [0, 0.1) is 10.1 Å². The molecule has 1 unspecified atom stereocenters. The van der Waals surface area contributed by atoms with Crippen LogP contribution in [0.25, 0.3) is 0 Å². The van der Waals surface area contributed by atoms with Crippen LogP contribution in [0.1, 0.15) is 13.8 Å². The summed E-state index contributed by atoms with van der Waals surface area (Å²) < 4.78 is 0. The summed E-state index contributed by atoms with van der Waals surface area (Å²) in [5, 5.41) is 17.2. The molecule has 114 valence electrons. The van der Waals surface area contributed by atoms with Gasteiger partial charge in [-0.05, 0) is 13.8 Å². The Kier molecular flexibility index (Phi) is 4.77. The van der Waals surface area contributed by atoms with Gasteiger partial charge in [-0.2, -0.15) is 10.1 Å². The first kappa shape index (κ1) is 15.9. The predicted molar refractivity (Wildman–Crippen MR) is 74.8 cm³/mol. The number of urea groups is 1. The van der Waals surface area contributed by atoms with Gasteiger partial charge < -0.3 is 16.8 Å². The smallest absolute Gasteiger partial charge is 0.369 e. The third kappa shape index (κ3) is 4.15. The largest absolute Gasteiger partial charge is 0.375 e. The number of aromatic amines is 1. The second-order valence-electron chi connectivity index (χ2n) is 4.00. The minimum absolute atomic E-state index is 0.273. The number of H-pyrrole nitrogens is 1. The van der Waals surface area contributed by atoms with Crippen molar-refractivity contribution in [1.82, 2.24) is 15.4 Å². The van der Waals surface area contributed by atoms with Crippen LogP contribution >= 0.6 is 0 Å². The number of amides is 2. The van der Waals surface area contributed by atoms with E-state index in [9.17, 15) is 19.7 Å². The molecule has 7 N–H and O–H groups in total. The molecule has 12 heteroatoms. The van der Waals surface area contributed by atoms with Crippen LogP contribution in [0.3, 0.4) is 0 Å². The molecule has 2 amide bonds. The second-order valence-corrected chi connectivity index (χ2v) is 4.00. The molecule has 0 saturated heterocycles. The molecule has 21 heavy (non-hydrogen) atoms. The molecule has 0 aliphatic heterocycles. The lowest BCUT2D eigenvalue weighted by molar-refractivity contribution is -0.385. The molecule has 12 nitrogen and oxygen atoms in total. The van der Waals surface area contributed by atoms with Crippen LogP contribution in [0.4, 0.5) is 22.2 Å². The Morgan fingerprint density at radius 3 is 2.71 bits per heavy atom. The first-order chi connectivity index (χ1) is 9.72. The summed E-state index contributed by atoms with van der Waals surface area (Å²) in [5.74, 6) is -0.576. The highest BCUT2D eigenvalue weighted by molar-refractivity contribution is 5.90. The number of nitrogens with zero attached hydrogens (tertiary/aromatic N) is 3. The SMILES string of the molecule is C/C(=N/NC(N)=O)C(C)Nc1nc(N)[nH]c(=O)c1[N+](=O)[O-]. The standard InChI is InChI=1S/C9H14N8O4/c1-3(4(2)15-16-9(11)19)12-6-5(17(20)21)7(18)14-8(10)13-6/h3H,1-2H3,(H3,11,16,19)(H4,10,12,13,14,18)/b15-4-. The molecule has 0 spiro atoms. The number of hydrogen-bond donors (Lipinski definition) is 5. The number of carbonyl (C=O) groups is 1. The lowest BCUT2D eigenvalue weighted by Crippen LogP contribution is -2.31. The fourth-order valence-corrected chi connectivity index (χ4v) is 1.30. The van der Waals surface area contributed by atoms with Gasteiger partial charge in [0, 0.05) is 0 Å². The number of hydrazone groups is 1. The van der Waals surface area contributed by atoms with E-state index in [4.69, 9.17) is 11.5 Å². The van der Waals surface area contributed by atoms with Gasteiger partial charge in [-0.15, -0.1) is 0 Å². The highest BCUT2D eigenvalue weighted by Gasteiger charge is 2.23. The molecule has 1 rings (SSSR count). The number of aromatic nitrogens is 2. The number of nitrogens with one attached hydrogen (secondary N) is 3. The summed E-state index contributed by atoms with van der Waals surface area (Å²) in [6.07, 6.45) is 0. The maximum atomic E-state index is 11.5. The number of nitrogen functional groups attached to an aromatic ring is 1. The van der Waals surface area contributed by atoms with Gasteiger partial charge in [0.1, 0.15) is 0 Å². The topological polar surface area (TPSA) is 194 Å². The normalized spacial score (nSPS) is 12.6. The summed E-state index contributed by atoms with van der Waals surface area (Å²) in [5.41, 5.74) is 10.8. The Balaban J connectivity index is 3.07. The molecule has 0 fully saturated rings. The van der Waals surface area contributed by atoms with E-state index in [2.05, 4.69) is 15.4 Å². The molecule has 1 heterocycles. The lowest BCUT2D eigenvalue weighted by atomic mass is 10.2. The number of rotatable bonds is 5. The first-order valence-electron chi connectivity index (χ1n) is 5.62. The molecule has 0 aromatic carbocycles. The Labute approximate surface area is 117 Å². The van der Waals surface area contributed by atoms with Crippen LogP contribution in [0.2, 0.25) is 0 Å². The molecule has 1 aromatic heterocycles. The molecule has 1 atom stereocenters. The summed E-state index contributed by atoms with van der Waals surface area (Å²) in [6.45, 7) is 3.13. The van der Waals surface area contributed by atoms with E-state index in [0.29, 0.717) is 5.71 Å². The van der Waals surface area contributed by atoms with E-state index in [0.717, 1.165) is 0 Å². The van der Waals surface area contributed by atoms with Crippen molar-refractivity contribution in [1.29, 1.82) is 0 Å². The third-order valence-corrected chi connectivity index (χ3v) is 2.42. The van der Waals surface area contributed by atoms with Crippen LogP contribution < -0.4 is 27.8 Å². The third-order valence-electron chi connectivity index (χ3n) is 2.42. The quantitative estimate of drug-likeness (QED) is 0.264. The molecule has 0 radical (unpaired) electrons. The zero-order chi connectivity index (χ0) is 16.2.